The number of hydrogen-bond donors (Lipinski definition) is 1. The molecule has 0 atom stereocenters. The molecule has 3 rings (SSSR count). The molecule has 1 N–H and O–H groups in total. The molecule has 2 aromatic carbocycles. The fourth-order valence-corrected chi connectivity index (χ4v) is 2.53. The van der Waals surface area contributed by atoms with E-state index in [-0.39, 0.29) is 18.0 Å². The van der Waals surface area contributed by atoms with Crippen LogP contribution in [0.2, 0.25) is 0 Å². The van der Waals surface area contributed by atoms with E-state index in [4.69, 9.17) is 0 Å². The Labute approximate surface area is 155 Å². The monoisotopic (exact) mass is 366 g/mol. The summed E-state index contributed by atoms with van der Waals surface area (Å²) in [6.07, 6.45) is 0.758. The van der Waals surface area contributed by atoms with Gasteiger partial charge in [0.05, 0.1) is 11.5 Å². The van der Waals surface area contributed by atoms with Gasteiger partial charge in [0.15, 0.2) is 0 Å². The number of nitro benzene ring substituents is 1. The second kappa shape index (κ2) is 8.17. The molecule has 9 heteroatoms. The standard InChI is InChI=1S/C18H18N6O3/c1-13-9-10-15(12-16(13)24(26)27)19-17(25)8-5-11-23-21-18(20-22-23)14-6-3-2-4-7-14/h2-4,6-7,9-10,12H,5,8,11H2,1H3,(H,19,25). The van der Waals surface area contributed by atoms with Gasteiger partial charge >= 0.3 is 0 Å². The van der Waals surface area contributed by atoms with Crippen LogP contribution in [0.1, 0.15) is 18.4 Å². The first-order chi connectivity index (χ1) is 13.0. The predicted octanol–water partition coefficient (Wildman–Crippen LogP) is 2.98. The zero-order valence-corrected chi connectivity index (χ0v) is 14.7. The third kappa shape index (κ3) is 4.72. The van der Waals surface area contributed by atoms with E-state index in [9.17, 15) is 14.9 Å². The Bertz CT molecular complexity index is 955. The normalized spacial score (nSPS) is 10.6. The number of tetrazole rings is 1. The molecule has 1 heterocycles. The summed E-state index contributed by atoms with van der Waals surface area (Å²) in [7, 11) is 0. The molecular weight excluding hydrogens is 348 g/mol. The number of amides is 1. The molecule has 0 fully saturated rings. The first-order valence-electron chi connectivity index (χ1n) is 8.41. The summed E-state index contributed by atoms with van der Waals surface area (Å²) >= 11 is 0. The minimum atomic E-state index is -0.467. The lowest BCUT2D eigenvalue weighted by Crippen LogP contribution is -2.13. The van der Waals surface area contributed by atoms with Crippen LogP contribution in [0.4, 0.5) is 11.4 Å². The van der Waals surface area contributed by atoms with Gasteiger partial charge in [-0.2, -0.15) is 4.80 Å². The smallest absolute Gasteiger partial charge is 0.274 e. The van der Waals surface area contributed by atoms with Gasteiger partial charge in [-0.1, -0.05) is 36.4 Å². The zero-order valence-electron chi connectivity index (χ0n) is 14.7. The first-order valence-corrected chi connectivity index (χ1v) is 8.41. The molecule has 0 bridgehead atoms. The summed E-state index contributed by atoms with van der Waals surface area (Å²) in [6, 6.07) is 14.1. The van der Waals surface area contributed by atoms with Crippen molar-refractivity contribution < 1.29 is 9.72 Å². The molecule has 0 radical (unpaired) electrons. The molecule has 27 heavy (non-hydrogen) atoms. The Morgan fingerprint density at radius 2 is 2.00 bits per heavy atom. The maximum absolute atomic E-state index is 12.0. The number of carbonyl (C=O) groups excluding carboxylic acids is 1. The number of aryl methyl sites for hydroxylation is 2. The van der Waals surface area contributed by atoms with Crippen molar-refractivity contribution in [1.29, 1.82) is 0 Å². The number of nitrogens with one attached hydrogen (secondary N) is 1. The van der Waals surface area contributed by atoms with E-state index < -0.39 is 4.92 Å². The number of carbonyl (C=O) groups is 1. The van der Waals surface area contributed by atoms with Gasteiger partial charge in [-0.3, -0.25) is 14.9 Å². The van der Waals surface area contributed by atoms with Crippen LogP contribution in [-0.4, -0.2) is 31.0 Å². The number of anilines is 1. The van der Waals surface area contributed by atoms with Crippen molar-refractivity contribution in [2.75, 3.05) is 5.32 Å². The topological polar surface area (TPSA) is 116 Å². The molecule has 9 nitrogen and oxygen atoms in total. The molecule has 0 saturated carbocycles. The minimum absolute atomic E-state index is 0.0203. The summed E-state index contributed by atoms with van der Waals surface area (Å²) in [6.45, 7) is 2.10. The van der Waals surface area contributed by atoms with E-state index in [1.54, 1.807) is 19.1 Å². The van der Waals surface area contributed by atoms with E-state index >= 15 is 0 Å². The highest BCUT2D eigenvalue weighted by Gasteiger charge is 2.12. The molecule has 0 aliphatic heterocycles. The lowest BCUT2D eigenvalue weighted by atomic mass is 10.2. The Balaban J connectivity index is 1.51. The number of nitro groups is 1. The molecule has 0 aliphatic carbocycles. The van der Waals surface area contributed by atoms with Crippen molar-refractivity contribution in [3.8, 4) is 11.4 Å². The number of nitrogens with zero attached hydrogens (tertiary/aromatic N) is 5. The second-order valence-electron chi connectivity index (χ2n) is 5.99. The highest BCUT2D eigenvalue weighted by molar-refractivity contribution is 5.91. The Kier molecular flexibility index (Phi) is 5.50. The largest absolute Gasteiger partial charge is 0.326 e. The van der Waals surface area contributed by atoms with Crippen LogP contribution >= 0.6 is 0 Å². The lowest BCUT2D eigenvalue weighted by Gasteiger charge is -2.06. The molecular formula is C18H18N6O3. The molecule has 0 aliphatic rings. The fraction of sp³-hybridized carbons (Fsp3) is 0.222. The molecule has 1 aromatic heterocycles. The Hall–Kier alpha value is -3.62. The molecule has 1 amide bonds. The predicted molar refractivity (Wildman–Crippen MR) is 99.0 cm³/mol. The van der Waals surface area contributed by atoms with E-state index in [0.29, 0.717) is 30.0 Å². The van der Waals surface area contributed by atoms with E-state index in [1.807, 2.05) is 30.3 Å². The van der Waals surface area contributed by atoms with Crippen LogP contribution in [0.5, 0.6) is 0 Å². The van der Waals surface area contributed by atoms with Crippen molar-refractivity contribution in [2.45, 2.75) is 26.3 Å². The van der Waals surface area contributed by atoms with Gasteiger partial charge in [0.25, 0.3) is 5.69 Å². The van der Waals surface area contributed by atoms with Crippen molar-refractivity contribution in [2.24, 2.45) is 0 Å². The summed E-state index contributed by atoms with van der Waals surface area (Å²) in [5.74, 6) is 0.309. The molecule has 0 unspecified atom stereocenters. The lowest BCUT2D eigenvalue weighted by molar-refractivity contribution is -0.385. The van der Waals surface area contributed by atoms with Crippen LogP contribution in [0.3, 0.4) is 0 Å². The maximum Gasteiger partial charge on any atom is 0.274 e. The summed E-state index contributed by atoms with van der Waals surface area (Å²) in [5.41, 5.74) is 1.81. The van der Waals surface area contributed by atoms with Gasteiger partial charge in [-0.15, -0.1) is 10.2 Å². The zero-order chi connectivity index (χ0) is 19.2. The van der Waals surface area contributed by atoms with Gasteiger partial charge in [-0.25, -0.2) is 0 Å². The van der Waals surface area contributed by atoms with Crippen LogP contribution in [0.15, 0.2) is 48.5 Å². The SMILES string of the molecule is Cc1ccc(NC(=O)CCCn2nnc(-c3ccccc3)n2)cc1[N+](=O)[O-]. The van der Waals surface area contributed by atoms with Gasteiger partial charge in [0.2, 0.25) is 11.7 Å². The fourth-order valence-electron chi connectivity index (χ4n) is 2.53. The third-order valence-corrected chi connectivity index (χ3v) is 3.94. The average Bonchev–Trinajstić information content (AvgIpc) is 3.13. The highest BCUT2D eigenvalue weighted by atomic mass is 16.6. The van der Waals surface area contributed by atoms with Crippen LogP contribution in [0, 0.1) is 17.0 Å². The quantitative estimate of drug-likeness (QED) is 0.507. The van der Waals surface area contributed by atoms with E-state index in [2.05, 4.69) is 20.7 Å². The number of aromatic nitrogens is 4. The maximum atomic E-state index is 12.0. The third-order valence-electron chi connectivity index (χ3n) is 3.94. The van der Waals surface area contributed by atoms with Crippen molar-refractivity contribution >= 4 is 17.3 Å². The molecule has 0 spiro atoms. The van der Waals surface area contributed by atoms with Crippen molar-refractivity contribution in [3.05, 3.63) is 64.2 Å². The Morgan fingerprint density at radius 3 is 2.74 bits per heavy atom. The minimum Gasteiger partial charge on any atom is -0.326 e. The number of rotatable bonds is 7. The molecule has 3 aromatic rings. The number of hydrogen-bond acceptors (Lipinski definition) is 6. The van der Waals surface area contributed by atoms with Gasteiger partial charge in [-0.05, 0) is 24.6 Å². The summed E-state index contributed by atoms with van der Waals surface area (Å²) in [5, 5.41) is 25.9. The summed E-state index contributed by atoms with van der Waals surface area (Å²) < 4.78 is 0. The Morgan fingerprint density at radius 1 is 1.22 bits per heavy atom. The summed E-state index contributed by atoms with van der Waals surface area (Å²) in [4.78, 5) is 24.0. The van der Waals surface area contributed by atoms with E-state index in [1.165, 1.54) is 10.9 Å². The van der Waals surface area contributed by atoms with Crippen molar-refractivity contribution in [3.63, 3.8) is 0 Å². The van der Waals surface area contributed by atoms with Gasteiger partial charge in [0.1, 0.15) is 0 Å². The van der Waals surface area contributed by atoms with Gasteiger partial charge in [0, 0.05) is 29.3 Å². The van der Waals surface area contributed by atoms with Crippen molar-refractivity contribution in [1.82, 2.24) is 20.2 Å². The van der Waals surface area contributed by atoms with Crippen LogP contribution < -0.4 is 5.32 Å². The number of benzene rings is 2. The highest BCUT2D eigenvalue weighted by Crippen LogP contribution is 2.22. The average molecular weight is 366 g/mol. The van der Waals surface area contributed by atoms with E-state index in [0.717, 1.165) is 5.56 Å². The van der Waals surface area contributed by atoms with Crippen LogP contribution in [0.25, 0.3) is 11.4 Å². The first kappa shape index (κ1) is 18.2. The van der Waals surface area contributed by atoms with Crippen LogP contribution in [-0.2, 0) is 11.3 Å². The molecule has 138 valence electrons. The van der Waals surface area contributed by atoms with Gasteiger partial charge < -0.3 is 5.32 Å². The molecule has 0 saturated heterocycles. The second-order valence-corrected chi connectivity index (χ2v) is 5.99.